The fourth-order valence-corrected chi connectivity index (χ4v) is 5.25. The molecule has 9 nitrogen and oxygen atoms in total. The molecule has 3 rings (SSSR count). The Kier molecular flexibility index (Phi) is 6.57. The third kappa shape index (κ3) is 4.21. The first kappa shape index (κ1) is 24.7. The number of esters is 4. The van der Waals surface area contributed by atoms with E-state index in [2.05, 4.69) is 6.58 Å². The second-order valence-corrected chi connectivity index (χ2v) is 9.05. The highest BCUT2D eigenvalue weighted by atomic mass is 16.6. The molecule has 0 aromatic carbocycles. The highest BCUT2D eigenvalue weighted by molar-refractivity contribution is 5.92. The monoisotopic (exact) mass is 462 g/mol. The van der Waals surface area contributed by atoms with Crippen LogP contribution in [0.3, 0.4) is 0 Å². The second-order valence-electron chi connectivity index (χ2n) is 9.05. The van der Waals surface area contributed by atoms with Gasteiger partial charge in [-0.3, -0.25) is 9.59 Å². The summed E-state index contributed by atoms with van der Waals surface area (Å²) in [5, 5.41) is 11.8. The van der Waals surface area contributed by atoms with E-state index in [-0.39, 0.29) is 5.57 Å². The summed E-state index contributed by atoms with van der Waals surface area (Å²) in [6.07, 6.45) is -1.17. The van der Waals surface area contributed by atoms with Gasteiger partial charge in [-0.1, -0.05) is 18.2 Å². The fraction of sp³-hybridized carbons (Fsp3) is 0.583. The first-order chi connectivity index (χ1) is 15.3. The molecule has 0 radical (unpaired) electrons. The average Bonchev–Trinajstić information content (AvgIpc) is 3.16. The Balaban J connectivity index is 2.21. The summed E-state index contributed by atoms with van der Waals surface area (Å²) in [4.78, 5) is 49.2. The zero-order valence-electron chi connectivity index (χ0n) is 19.6. The van der Waals surface area contributed by atoms with Crippen molar-refractivity contribution in [1.82, 2.24) is 0 Å². The van der Waals surface area contributed by atoms with Crippen LogP contribution < -0.4 is 0 Å². The van der Waals surface area contributed by atoms with E-state index < -0.39 is 71.6 Å². The molecule has 33 heavy (non-hydrogen) atoms. The van der Waals surface area contributed by atoms with Crippen molar-refractivity contribution in [2.75, 3.05) is 0 Å². The summed E-state index contributed by atoms with van der Waals surface area (Å²) < 4.78 is 22.4. The summed E-state index contributed by atoms with van der Waals surface area (Å²) in [5.74, 6) is -4.98. The van der Waals surface area contributed by atoms with Gasteiger partial charge in [0.15, 0.2) is 12.2 Å². The van der Waals surface area contributed by atoms with Crippen LogP contribution in [0.2, 0.25) is 0 Å². The van der Waals surface area contributed by atoms with Crippen molar-refractivity contribution >= 4 is 23.9 Å². The molecule has 1 saturated heterocycles. The van der Waals surface area contributed by atoms with Gasteiger partial charge in [0, 0.05) is 36.8 Å². The van der Waals surface area contributed by atoms with Crippen LogP contribution in [0.1, 0.15) is 41.5 Å². The number of hydrogen-bond acceptors (Lipinski definition) is 9. The van der Waals surface area contributed by atoms with E-state index in [1.54, 1.807) is 32.9 Å². The molecule has 1 heterocycles. The highest BCUT2D eigenvalue weighted by Crippen LogP contribution is 2.54. The molecular weight excluding hydrogens is 432 g/mol. The largest absolute Gasteiger partial charge is 0.458 e. The predicted molar refractivity (Wildman–Crippen MR) is 114 cm³/mol. The van der Waals surface area contributed by atoms with Gasteiger partial charge < -0.3 is 24.1 Å². The molecule has 2 aliphatic carbocycles. The van der Waals surface area contributed by atoms with E-state index in [0.717, 1.165) is 5.57 Å². The number of carbonyl (C=O) groups is 4. The molecular formula is C24H30O9. The van der Waals surface area contributed by atoms with E-state index >= 15 is 0 Å². The minimum Gasteiger partial charge on any atom is -0.458 e. The number of carbonyl (C=O) groups excluding carboxylic acids is 4. The van der Waals surface area contributed by atoms with Crippen LogP contribution in [0.4, 0.5) is 0 Å². The van der Waals surface area contributed by atoms with Crippen LogP contribution in [-0.2, 0) is 38.1 Å². The highest BCUT2D eigenvalue weighted by Gasteiger charge is 2.66. The Morgan fingerprint density at radius 1 is 1.12 bits per heavy atom. The Hall–Kier alpha value is -2.94. The first-order valence-corrected chi connectivity index (χ1v) is 10.8. The second kappa shape index (κ2) is 8.78. The minimum atomic E-state index is -1.84. The first-order valence-electron chi connectivity index (χ1n) is 10.8. The number of allylic oxidation sites excluding steroid dienone is 1. The van der Waals surface area contributed by atoms with Crippen molar-refractivity contribution in [2.24, 2.45) is 17.8 Å². The molecule has 8 atom stereocenters. The normalized spacial score (nSPS) is 37.8. The van der Waals surface area contributed by atoms with Crippen LogP contribution in [0.5, 0.6) is 0 Å². The molecule has 1 aliphatic heterocycles. The molecule has 0 spiro atoms. The van der Waals surface area contributed by atoms with Crippen molar-refractivity contribution in [3.63, 3.8) is 0 Å². The molecule has 0 bridgehead atoms. The molecule has 9 heteroatoms. The molecule has 0 aromatic rings. The van der Waals surface area contributed by atoms with E-state index in [1.165, 1.54) is 20.8 Å². The number of ether oxygens (including phenoxy) is 4. The average molecular weight is 462 g/mol. The van der Waals surface area contributed by atoms with Gasteiger partial charge in [0.25, 0.3) is 0 Å². The maximum absolute atomic E-state index is 12.7. The summed E-state index contributed by atoms with van der Waals surface area (Å²) in [6, 6.07) is 0. The Morgan fingerprint density at radius 2 is 1.73 bits per heavy atom. The third-order valence-corrected chi connectivity index (χ3v) is 6.81. The molecule has 1 saturated carbocycles. The van der Waals surface area contributed by atoms with Gasteiger partial charge in [-0.05, 0) is 33.8 Å². The van der Waals surface area contributed by atoms with Gasteiger partial charge in [0.2, 0.25) is 0 Å². The van der Waals surface area contributed by atoms with E-state index in [9.17, 15) is 24.3 Å². The maximum Gasteiger partial charge on any atom is 0.334 e. The van der Waals surface area contributed by atoms with Gasteiger partial charge in [0.1, 0.15) is 17.8 Å². The van der Waals surface area contributed by atoms with Crippen molar-refractivity contribution in [3.05, 3.63) is 35.5 Å². The lowest BCUT2D eigenvalue weighted by molar-refractivity contribution is -0.202. The van der Waals surface area contributed by atoms with E-state index in [1.807, 2.05) is 0 Å². The number of hydrogen-bond donors (Lipinski definition) is 1. The number of fused-ring (bicyclic) bond motifs is 3. The summed E-state index contributed by atoms with van der Waals surface area (Å²) in [7, 11) is 0. The molecule has 180 valence electrons. The van der Waals surface area contributed by atoms with Gasteiger partial charge >= 0.3 is 23.9 Å². The third-order valence-electron chi connectivity index (χ3n) is 6.81. The molecule has 3 aliphatic rings. The smallest absolute Gasteiger partial charge is 0.334 e. The van der Waals surface area contributed by atoms with Crippen LogP contribution >= 0.6 is 0 Å². The van der Waals surface area contributed by atoms with Crippen molar-refractivity contribution < 1.29 is 43.2 Å². The zero-order chi connectivity index (χ0) is 24.8. The summed E-state index contributed by atoms with van der Waals surface area (Å²) >= 11 is 0. The topological polar surface area (TPSA) is 125 Å². The Bertz CT molecular complexity index is 957. The molecule has 5 unspecified atom stereocenters. The predicted octanol–water partition coefficient (Wildman–Crippen LogP) is 1.78. The lowest BCUT2D eigenvalue weighted by Gasteiger charge is -2.42. The van der Waals surface area contributed by atoms with Crippen LogP contribution in [-0.4, -0.2) is 59.0 Å². The lowest BCUT2D eigenvalue weighted by Crippen LogP contribution is -2.58. The molecule has 2 fully saturated rings. The zero-order valence-corrected chi connectivity index (χ0v) is 19.6. The van der Waals surface area contributed by atoms with Gasteiger partial charge in [-0.15, -0.1) is 0 Å². The van der Waals surface area contributed by atoms with Gasteiger partial charge in [-0.2, -0.15) is 0 Å². The minimum absolute atomic E-state index is 0.0493. The van der Waals surface area contributed by atoms with E-state index in [4.69, 9.17) is 18.9 Å². The van der Waals surface area contributed by atoms with Crippen molar-refractivity contribution in [3.8, 4) is 0 Å². The molecule has 1 N–H and O–H groups in total. The van der Waals surface area contributed by atoms with E-state index in [0.29, 0.717) is 5.57 Å². The standard InChI is InChI=1S/C24H30O9/c1-8-10(2)22(27)33-20-17-12(4)23(28)32-19(17)16-11(3)9-15(30-13(5)25)18(16)24(7,29)21(20)31-14(6)26/h8-9,15-21,29H,4H2,1-3,5-7H3/b10-8+/t15-,16?,17?,18?,19-,20?,21?,24+/m1/s1. The maximum atomic E-state index is 12.7. The number of aliphatic hydroxyl groups is 1. The summed E-state index contributed by atoms with van der Waals surface area (Å²) in [5.41, 5.74) is -0.770. The fourth-order valence-electron chi connectivity index (χ4n) is 5.25. The lowest BCUT2D eigenvalue weighted by atomic mass is 9.74. The molecule has 0 amide bonds. The summed E-state index contributed by atoms with van der Waals surface area (Å²) in [6.45, 7) is 12.7. The van der Waals surface area contributed by atoms with Crippen molar-refractivity contribution in [2.45, 2.75) is 71.6 Å². The van der Waals surface area contributed by atoms with Crippen LogP contribution in [0.25, 0.3) is 0 Å². The van der Waals surface area contributed by atoms with Crippen LogP contribution in [0, 0.1) is 17.8 Å². The van der Waals surface area contributed by atoms with Gasteiger partial charge in [-0.25, -0.2) is 9.59 Å². The number of rotatable bonds is 4. The Labute approximate surface area is 192 Å². The SMILES string of the molecule is C=C1C(=O)O[C@H]2C1C(OC(=O)/C(C)=C/C)C(OC(C)=O)[C@@](C)(O)C1C2C(C)=C[C@H]1OC(C)=O. The Morgan fingerprint density at radius 3 is 2.27 bits per heavy atom. The van der Waals surface area contributed by atoms with Gasteiger partial charge in [0.05, 0.1) is 5.92 Å². The van der Waals surface area contributed by atoms with Crippen LogP contribution in [0.15, 0.2) is 35.5 Å². The molecule has 0 aromatic heterocycles. The van der Waals surface area contributed by atoms with Crippen molar-refractivity contribution in [1.29, 1.82) is 0 Å². The quantitative estimate of drug-likeness (QED) is 0.288.